The Morgan fingerprint density at radius 3 is 2.61 bits per heavy atom. The predicted octanol–water partition coefficient (Wildman–Crippen LogP) is 1.69. The van der Waals surface area contributed by atoms with Crippen molar-refractivity contribution < 1.29 is 9.59 Å². The smallest absolute Gasteiger partial charge is 0.245 e. The van der Waals surface area contributed by atoms with E-state index >= 15 is 0 Å². The number of carbonyl (C=O) groups excluding carboxylic acids is 2. The number of carbonyl (C=O) groups is 2. The number of nitrogens with zero attached hydrogens (tertiary/aromatic N) is 1. The molecule has 2 amide bonds. The van der Waals surface area contributed by atoms with Crippen molar-refractivity contribution in [1.82, 2.24) is 10.2 Å². The van der Waals surface area contributed by atoms with E-state index in [1.54, 1.807) is 6.92 Å². The quantitative estimate of drug-likeness (QED) is 0.813. The predicted molar refractivity (Wildman–Crippen MR) is 69.9 cm³/mol. The molecule has 4 heteroatoms. The van der Waals surface area contributed by atoms with Gasteiger partial charge in [-0.15, -0.1) is 0 Å². The third-order valence-electron chi connectivity index (χ3n) is 4.31. The Bertz CT molecular complexity index is 343. The maximum absolute atomic E-state index is 12.4. The van der Waals surface area contributed by atoms with E-state index in [2.05, 4.69) is 12.2 Å². The second kappa shape index (κ2) is 5.29. The SMILES string of the molecule is CCC1C(=O)NC(C)C(=O)N1C1CCCC(C)C1. The monoisotopic (exact) mass is 252 g/mol. The van der Waals surface area contributed by atoms with Crippen LogP contribution in [0.2, 0.25) is 0 Å². The number of hydrogen-bond donors (Lipinski definition) is 1. The highest BCUT2D eigenvalue weighted by Crippen LogP contribution is 2.30. The van der Waals surface area contributed by atoms with Gasteiger partial charge in [-0.2, -0.15) is 0 Å². The lowest BCUT2D eigenvalue weighted by molar-refractivity contribution is -0.152. The van der Waals surface area contributed by atoms with E-state index < -0.39 is 0 Å². The summed E-state index contributed by atoms with van der Waals surface area (Å²) in [5.74, 6) is 0.776. The van der Waals surface area contributed by atoms with Gasteiger partial charge in [-0.25, -0.2) is 0 Å². The lowest BCUT2D eigenvalue weighted by atomic mass is 9.84. The Labute approximate surface area is 109 Å². The molecule has 2 fully saturated rings. The van der Waals surface area contributed by atoms with Crippen LogP contribution >= 0.6 is 0 Å². The summed E-state index contributed by atoms with van der Waals surface area (Å²) < 4.78 is 0. The highest BCUT2D eigenvalue weighted by Gasteiger charge is 2.41. The average molecular weight is 252 g/mol. The topological polar surface area (TPSA) is 49.4 Å². The summed E-state index contributed by atoms with van der Waals surface area (Å²) in [7, 11) is 0. The average Bonchev–Trinajstić information content (AvgIpc) is 2.33. The zero-order valence-corrected chi connectivity index (χ0v) is 11.6. The largest absolute Gasteiger partial charge is 0.343 e. The molecule has 4 unspecified atom stereocenters. The Balaban J connectivity index is 2.19. The molecule has 1 saturated carbocycles. The van der Waals surface area contributed by atoms with E-state index in [0.29, 0.717) is 12.3 Å². The Kier molecular flexibility index (Phi) is 3.93. The number of hydrogen-bond acceptors (Lipinski definition) is 2. The van der Waals surface area contributed by atoms with Crippen LogP contribution < -0.4 is 5.32 Å². The fourth-order valence-corrected chi connectivity index (χ4v) is 3.35. The molecule has 2 aliphatic rings. The number of rotatable bonds is 2. The Hall–Kier alpha value is -1.06. The van der Waals surface area contributed by atoms with E-state index in [9.17, 15) is 9.59 Å². The van der Waals surface area contributed by atoms with Gasteiger partial charge < -0.3 is 10.2 Å². The van der Waals surface area contributed by atoms with Crippen LogP contribution in [0, 0.1) is 5.92 Å². The van der Waals surface area contributed by atoms with Crippen molar-refractivity contribution >= 4 is 11.8 Å². The van der Waals surface area contributed by atoms with Crippen LogP contribution in [0.15, 0.2) is 0 Å². The zero-order chi connectivity index (χ0) is 13.3. The van der Waals surface area contributed by atoms with Crippen molar-refractivity contribution in [3.63, 3.8) is 0 Å². The molecule has 0 aromatic rings. The molecule has 1 aliphatic carbocycles. The van der Waals surface area contributed by atoms with E-state index in [0.717, 1.165) is 12.8 Å². The number of amides is 2. The van der Waals surface area contributed by atoms with Gasteiger partial charge in [0, 0.05) is 6.04 Å². The van der Waals surface area contributed by atoms with Crippen molar-refractivity contribution in [3.8, 4) is 0 Å². The lowest BCUT2D eigenvalue weighted by Crippen LogP contribution is -2.65. The molecule has 1 saturated heterocycles. The fraction of sp³-hybridized carbons (Fsp3) is 0.857. The summed E-state index contributed by atoms with van der Waals surface area (Å²) in [4.78, 5) is 26.3. The summed E-state index contributed by atoms with van der Waals surface area (Å²) >= 11 is 0. The van der Waals surface area contributed by atoms with Gasteiger partial charge in [0.2, 0.25) is 11.8 Å². The molecule has 0 spiro atoms. The Morgan fingerprint density at radius 1 is 1.28 bits per heavy atom. The first kappa shape index (κ1) is 13.4. The van der Waals surface area contributed by atoms with Crippen LogP contribution in [0.25, 0.3) is 0 Å². The first-order valence-electron chi connectivity index (χ1n) is 7.17. The van der Waals surface area contributed by atoms with Crippen LogP contribution in [0.1, 0.15) is 52.9 Å². The van der Waals surface area contributed by atoms with E-state index in [1.165, 1.54) is 12.8 Å². The molecule has 4 atom stereocenters. The van der Waals surface area contributed by atoms with Crippen molar-refractivity contribution in [2.24, 2.45) is 5.92 Å². The van der Waals surface area contributed by atoms with Crippen LogP contribution in [-0.4, -0.2) is 34.8 Å². The molecule has 102 valence electrons. The Morgan fingerprint density at radius 2 is 2.00 bits per heavy atom. The summed E-state index contributed by atoms with van der Waals surface area (Å²) in [5, 5.41) is 2.78. The summed E-state index contributed by atoms with van der Waals surface area (Å²) in [6.07, 6.45) is 5.21. The van der Waals surface area contributed by atoms with Gasteiger partial charge in [0.1, 0.15) is 12.1 Å². The van der Waals surface area contributed by atoms with Gasteiger partial charge in [-0.1, -0.05) is 26.7 Å². The molecule has 0 aromatic carbocycles. The molecule has 18 heavy (non-hydrogen) atoms. The maximum Gasteiger partial charge on any atom is 0.245 e. The van der Waals surface area contributed by atoms with Gasteiger partial charge in [-0.3, -0.25) is 9.59 Å². The van der Waals surface area contributed by atoms with Gasteiger partial charge in [0.25, 0.3) is 0 Å². The van der Waals surface area contributed by atoms with Crippen LogP contribution in [0.5, 0.6) is 0 Å². The minimum absolute atomic E-state index is 0.0165. The normalized spacial score (nSPS) is 37.6. The molecule has 0 radical (unpaired) electrons. The fourth-order valence-electron chi connectivity index (χ4n) is 3.35. The van der Waals surface area contributed by atoms with Gasteiger partial charge in [0.05, 0.1) is 0 Å². The van der Waals surface area contributed by atoms with Gasteiger partial charge >= 0.3 is 0 Å². The molecule has 1 aliphatic heterocycles. The first-order chi connectivity index (χ1) is 8.54. The van der Waals surface area contributed by atoms with Crippen molar-refractivity contribution in [2.75, 3.05) is 0 Å². The number of piperazine rings is 1. The molecule has 2 rings (SSSR count). The first-order valence-corrected chi connectivity index (χ1v) is 7.17. The summed E-state index contributed by atoms with van der Waals surface area (Å²) in [5.41, 5.74) is 0. The van der Waals surface area contributed by atoms with Crippen molar-refractivity contribution in [3.05, 3.63) is 0 Å². The zero-order valence-electron chi connectivity index (χ0n) is 11.6. The molecular weight excluding hydrogens is 228 g/mol. The lowest BCUT2D eigenvalue weighted by Gasteiger charge is -2.44. The molecule has 1 N–H and O–H groups in total. The van der Waals surface area contributed by atoms with Crippen molar-refractivity contribution in [1.29, 1.82) is 0 Å². The van der Waals surface area contributed by atoms with E-state index in [-0.39, 0.29) is 29.9 Å². The second-order valence-electron chi connectivity index (χ2n) is 5.83. The third-order valence-corrected chi connectivity index (χ3v) is 4.31. The van der Waals surface area contributed by atoms with Gasteiger partial charge in [0.15, 0.2) is 0 Å². The molecule has 0 aromatic heterocycles. The molecule has 1 heterocycles. The molecular formula is C14H24N2O2. The highest BCUT2D eigenvalue weighted by molar-refractivity contribution is 5.96. The molecule has 0 bridgehead atoms. The second-order valence-corrected chi connectivity index (χ2v) is 5.83. The van der Waals surface area contributed by atoms with Crippen LogP contribution in [-0.2, 0) is 9.59 Å². The van der Waals surface area contributed by atoms with Crippen molar-refractivity contribution in [2.45, 2.75) is 71.0 Å². The van der Waals surface area contributed by atoms with E-state index in [4.69, 9.17) is 0 Å². The maximum atomic E-state index is 12.4. The molecule has 4 nitrogen and oxygen atoms in total. The standard InChI is InChI=1S/C14H24N2O2/c1-4-12-13(17)15-10(3)14(18)16(12)11-7-5-6-9(2)8-11/h9-12H,4-8H2,1-3H3,(H,15,17). The van der Waals surface area contributed by atoms with Crippen LogP contribution in [0.3, 0.4) is 0 Å². The van der Waals surface area contributed by atoms with Crippen LogP contribution in [0.4, 0.5) is 0 Å². The highest BCUT2D eigenvalue weighted by atomic mass is 16.2. The summed E-state index contributed by atoms with van der Waals surface area (Å²) in [6, 6.07) is -0.360. The van der Waals surface area contributed by atoms with Gasteiger partial charge in [-0.05, 0) is 32.1 Å². The number of nitrogens with one attached hydrogen (secondary N) is 1. The van der Waals surface area contributed by atoms with E-state index in [1.807, 2.05) is 11.8 Å². The minimum Gasteiger partial charge on any atom is -0.343 e. The minimum atomic E-state index is -0.363. The summed E-state index contributed by atoms with van der Waals surface area (Å²) in [6.45, 7) is 6.00. The third kappa shape index (κ3) is 2.38.